The molecular formula is C21H20N4O3. The van der Waals surface area contributed by atoms with Gasteiger partial charge >= 0.3 is 0 Å². The Bertz CT molecular complexity index is 1020. The van der Waals surface area contributed by atoms with Crippen molar-refractivity contribution < 1.29 is 14.7 Å². The number of aromatic hydroxyl groups is 1. The van der Waals surface area contributed by atoms with Gasteiger partial charge in [-0.2, -0.15) is 5.26 Å². The Labute approximate surface area is 163 Å². The summed E-state index contributed by atoms with van der Waals surface area (Å²) in [6, 6.07) is 12.0. The van der Waals surface area contributed by atoms with Crippen LogP contribution in [-0.4, -0.2) is 51.3 Å². The maximum absolute atomic E-state index is 13.2. The normalized spacial score (nSPS) is 21.1. The number of hydrogen-bond donors (Lipinski definition) is 1. The van der Waals surface area contributed by atoms with Crippen LogP contribution < -0.4 is 0 Å². The molecule has 1 aromatic carbocycles. The van der Waals surface area contributed by atoms with Gasteiger partial charge in [0.15, 0.2) is 0 Å². The molecule has 1 saturated heterocycles. The third-order valence-electron chi connectivity index (χ3n) is 5.09. The number of phenolic OH excluding ortho intramolecular Hbond substituents is 1. The average molecular weight is 376 g/mol. The van der Waals surface area contributed by atoms with E-state index in [0.717, 1.165) is 5.56 Å². The number of pyridine rings is 1. The number of phenols is 1. The molecule has 0 saturated carbocycles. The molecule has 1 aliphatic heterocycles. The van der Waals surface area contributed by atoms with Gasteiger partial charge in [-0.05, 0) is 36.8 Å². The summed E-state index contributed by atoms with van der Waals surface area (Å²) in [5.41, 5.74) is 0.461. The Hall–Kier alpha value is -3.66. The molecule has 2 heterocycles. The maximum atomic E-state index is 13.2. The van der Waals surface area contributed by atoms with Gasteiger partial charge in [-0.15, -0.1) is 0 Å². The summed E-state index contributed by atoms with van der Waals surface area (Å²) in [5, 5.41) is 18.9. The quantitative estimate of drug-likeness (QED) is 0.826. The summed E-state index contributed by atoms with van der Waals surface area (Å²) in [5.74, 6) is -0.489. The zero-order chi connectivity index (χ0) is 20.5. The number of hydrogen-bond acceptors (Lipinski definition) is 5. The minimum absolute atomic E-state index is 0.105. The van der Waals surface area contributed by atoms with Gasteiger partial charge in [-0.1, -0.05) is 18.2 Å². The number of piperazine rings is 1. The lowest BCUT2D eigenvalue weighted by Crippen LogP contribution is -2.64. The van der Waals surface area contributed by atoms with Gasteiger partial charge in [0, 0.05) is 32.3 Å². The van der Waals surface area contributed by atoms with Crippen molar-refractivity contribution in [1.82, 2.24) is 14.8 Å². The molecule has 0 aliphatic carbocycles. The second kappa shape index (κ2) is 7.16. The van der Waals surface area contributed by atoms with Crippen LogP contribution in [0.1, 0.15) is 23.7 Å². The number of benzene rings is 1. The maximum Gasteiger partial charge on any atom is 0.271 e. The highest BCUT2D eigenvalue weighted by Crippen LogP contribution is 2.31. The fraction of sp³-hybridized carbons (Fsp3) is 0.238. The van der Waals surface area contributed by atoms with E-state index in [1.54, 1.807) is 57.4 Å². The standard InChI is InChI=1S/C21H20N4O3/c1-21(12-14-6-4-8-16(26)10-14)20(28)24(2)18(19(27)25(21)3)11-15-7-5-9-23-17(15)13-22/h4-11,26H,12H2,1-3H3/b18-11-. The van der Waals surface area contributed by atoms with Crippen LogP contribution >= 0.6 is 0 Å². The first kappa shape index (κ1) is 19.1. The van der Waals surface area contributed by atoms with Gasteiger partial charge in [0.05, 0.1) is 0 Å². The van der Waals surface area contributed by atoms with Gasteiger partial charge in [-0.25, -0.2) is 4.98 Å². The monoisotopic (exact) mass is 376 g/mol. The lowest BCUT2D eigenvalue weighted by atomic mass is 9.87. The number of nitriles is 1. The molecule has 0 radical (unpaired) electrons. The molecule has 28 heavy (non-hydrogen) atoms. The molecule has 1 N–H and O–H groups in total. The second-order valence-corrected chi connectivity index (χ2v) is 6.93. The van der Waals surface area contributed by atoms with E-state index < -0.39 is 5.54 Å². The third kappa shape index (κ3) is 3.21. The number of rotatable bonds is 3. The first-order chi connectivity index (χ1) is 13.3. The summed E-state index contributed by atoms with van der Waals surface area (Å²) < 4.78 is 0. The SMILES string of the molecule is CN1C(=O)C(C)(Cc2cccc(O)c2)N(C)C(=O)/C1=C/c1cccnc1C#N. The molecule has 7 nitrogen and oxygen atoms in total. The first-order valence-electron chi connectivity index (χ1n) is 8.69. The summed E-state index contributed by atoms with van der Waals surface area (Å²) in [7, 11) is 3.13. The van der Waals surface area contributed by atoms with Crippen molar-refractivity contribution in [3.05, 3.63) is 65.1 Å². The first-order valence-corrected chi connectivity index (χ1v) is 8.69. The van der Waals surface area contributed by atoms with E-state index in [4.69, 9.17) is 0 Å². The third-order valence-corrected chi connectivity index (χ3v) is 5.09. The largest absolute Gasteiger partial charge is 0.508 e. The highest BCUT2D eigenvalue weighted by Gasteiger charge is 2.48. The molecule has 0 bridgehead atoms. The van der Waals surface area contributed by atoms with Gasteiger partial charge in [0.1, 0.15) is 28.7 Å². The Kier molecular flexibility index (Phi) is 4.89. The minimum Gasteiger partial charge on any atom is -0.508 e. The summed E-state index contributed by atoms with van der Waals surface area (Å²) in [6.45, 7) is 1.70. The van der Waals surface area contributed by atoms with Crippen LogP contribution in [0.5, 0.6) is 5.75 Å². The second-order valence-electron chi connectivity index (χ2n) is 6.93. The topological polar surface area (TPSA) is 97.5 Å². The molecule has 1 unspecified atom stereocenters. The molecule has 7 heteroatoms. The number of carbonyl (C=O) groups excluding carboxylic acids is 2. The van der Waals surface area contributed by atoms with Crippen molar-refractivity contribution in [2.75, 3.05) is 14.1 Å². The highest BCUT2D eigenvalue weighted by atomic mass is 16.3. The average Bonchev–Trinajstić information content (AvgIpc) is 2.69. The minimum atomic E-state index is -1.11. The van der Waals surface area contributed by atoms with Crippen molar-refractivity contribution in [2.24, 2.45) is 0 Å². The molecule has 1 fully saturated rings. The van der Waals surface area contributed by atoms with E-state index in [1.165, 1.54) is 22.1 Å². The van der Waals surface area contributed by atoms with E-state index in [-0.39, 0.29) is 35.4 Å². The predicted molar refractivity (Wildman–Crippen MR) is 103 cm³/mol. The molecule has 0 spiro atoms. The smallest absolute Gasteiger partial charge is 0.271 e. The van der Waals surface area contributed by atoms with Crippen LogP contribution in [0.25, 0.3) is 6.08 Å². The van der Waals surface area contributed by atoms with Crippen LogP contribution in [0, 0.1) is 11.3 Å². The van der Waals surface area contributed by atoms with Crippen molar-refractivity contribution in [3.63, 3.8) is 0 Å². The Morgan fingerprint density at radius 1 is 1.25 bits per heavy atom. The molecule has 1 atom stereocenters. The van der Waals surface area contributed by atoms with E-state index in [0.29, 0.717) is 5.56 Å². The lowest BCUT2D eigenvalue weighted by Gasteiger charge is -2.45. The molecule has 2 amide bonds. The summed E-state index contributed by atoms with van der Waals surface area (Å²) in [6.07, 6.45) is 3.27. The summed E-state index contributed by atoms with van der Waals surface area (Å²) in [4.78, 5) is 33.0. The Morgan fingerprint density at radius 3 is 2.68 bits per heavy atom. The van der Waals surface area contributed by atoms with Crippen LogP contribution in [0.4, 0.5) is 0 Å². The molecular weight excluding hydrogens is 356 g/mol. The highest BCUT2D eigenvalue weighted by molar-refractivity contribution is 6.08. The van der Waals surface area contributed by atoms with Crippen molar-refractivity contribution in [2.45, 2.75) is 18.9 Å². The van der Waals surface area contributed by atoms with Crippen LogP contribution in [0.3, 0.4) is 0 Å². The molecule has 3 rings (SSSR count). The fourth-order valence-corrected chi connectivity index (χ4v) is 3.35. The fourth-order valence-electron chi connectivity index (χ4n) is 3.35. The van der Waals surface area contributed by atoms with Crippen molar-refractivity contribution in [1.29, 1.82) is 5.26 Å². The summed E-state index contributed by atoms with van der Waals surface area (Å²) >= 11 is 0. The van der Waals surface area contributed by atoms with E-state index in [1.807, 2.05) is 6.07 Å². The predicted octanol–water partition coefficient (Wildman–Crippen LogP) is 1.93. The molecule has 1 aliphatic rings. The van der Waals surface area contributed by atoms with Gasteiger partial charge in [0.25, 0.3) is 11.8 Å². The lowest BCUT2D eigenvalue weighted by molar-refractivity contribution is -0.155. The molecule has 1 aromatic heterocycles. The van der Waals surface area contributed by atoms with E-state index >= 15 is 0 Å². The number of nitrogens with zero attached hydrogens (tertiary/aromatic N) is 4. The number of amides is 2. The molecule has 2 aromatic rings. The number of aromatic nitrogens is 1. The van der Waals surface area contributed by atoms with Gasteiger partial charge in [-0.3, -0.25) is 9.59 Å². The van der Waals surface area contributed by atoms with Crippen molar-refractivity contribution >= 4 is 17.9 Å². The number of likely N-dealkylation sites (N-methyl/N-ethyl adjacent to an activating group) is 2. The number of carbonyl (C=O) groups is 2. The van der Waals surface area contributed by atoms with Crippen LogP contribution in [0.15, 0.2) is 48.3 Å². The van der Waals surface area contributed by atoms with Crippen LogP contribution in [-0.2, 0) is 16.0 Å². The zero-order valence-electron chi connectivity index (χ0n) is 15.9. The molecule has 142 valence electrons. The van der Waals surface area contributed by atoms with E-state index in [9.17, 15) is 20.0 Å². The van der Waals surface area contributed by atoms with Crippen molar-refractivity contribution in [3.8, 4) is 11.8 Å². The Balaban J connectivity index is 2.00. The van der Waals surface area contributed by atoms with Gasteiger partial charge < -0.3 is 14.9 Å². The Morgan fingerprint density at radius 2 is 2.00 bits per heavy atom. The zero-order valence-corrected chi connectivity index (χ0v) is 15.9. The van der Waals surface area contributed by atoms with E-state index in [2.05, 4.69) is 4.98 Å². The van der Waals surface area contributed by atoms with Gasteiger partial charge in [0.2, 0.25) is 0 Å². The van der Waals surface area contributed by atoms with Crippen LogP contribution in [0.2, 0.25) is 0 Å².